The van der Waals surface area contributed by atoms with E-state index in [9.17, 15) is 5.11 Å². The standard InChI is InChI=1S/C17H28N2O/c1-3-16(2,13-18)17(20)10-7-11-19(14-17)12-15-8-5-4-6-9-15/h4-6,8-9,20H,3,7,10-14,18H2,1-2H3. The molecule has 1 aliphatic rings. The normalized spacial score (nSPS) is 27.2. The summed E-state index contributed by atoms with van der Waals surface area (Å²) in [5.41, 5.74) is 6.41. The molecule has 0 spiro atoms. The Hall–Kier alpha value is -0.900. The van der Waals surface area contributed by atoms with Crippen molar-refractivity contribution in [1.82, 2.24) is 4.90 Å². The number of rotatable bonds is 5. The molecule has 3 N–H and O–H groups in total. The van der Waals surface area contributed by atoms with Crippen LogP contribution < -0.4 is 5.73 Å². The van der Waals surface area contributed by atoms with Gasteiger partial charge in [0.05, 0.1) is 5.60 Å². The number of benzene rings is 1. The maximum atomic E-state index is 11.1. The van der Waals surface area contributed by atoms with Crippen LogP contribution in [0.15, 0.2) is 30.3 Å². The molecule has 1 aromatic rings. The van der Waals surface area contributed by atoms with E-state index in [1.54, 1.807) is 0 Å². The fourth-order valence-corrected chi connectivity index (χ4v) is 3.26. The van der Waals surface area contributed by atoms with E-state index < -0.39 is 5.60 Å². The summed E-state index contributed by atoms with van der Waals surface area (Å²) in [4.78, 5) is 2.36. The van der Waals surface area contributed by atoms with E-state index >= 15 is 0 Å². The van der Waals surface area contributed by atoms with Gasteiger partial charge in [-0.05, 0) is 31.4 Å². The number of hydrogen-bond donors (Lipinski definition) is 2. The smallest absolute Gasteiger partial charge is 0.0839 e. The highest BCUT2D eigenvalue weighted by Gasteiger charge is 2.46. The van der Waals surface area contributed by atoms with Gasteiger partial charge in [0, 0.05) is 25.0 Å². The van der Waals surface area contributed by atoms with Crippen LogP contribution in [0.1, 0.15) is 38.7 Å². The first-order chi connectivity index (χ1) is 9.53. The molecule has 1 fully saturated rings. The predicted octanol–water partition coefficient (Wildman–Crippen LogP) is 2.39. The molecule has 112 valence electrons. The monoisotopic (exact) mass is 276 g/mol. The maximum Gasteiger partial charge on any atom is 0.0839 e. The van der Waals surface area contributed by atoms with Crippen molar-refractivity contribution in [2.75, 3.05) is 19.6 Å². The average Bonchev–Trinajstić information content (AvgIpc) is 2.47. The quantitative estimate of drug-likeness (QED) is 0.868. The molecule has 3 heteroatoms. The second kappa shape index (κ2) is 6.25. The van der Waals surface area contributed by atoms with Crippen molar-refractivity contribution in [3.05, 3.63) is 35.9 Å². The average molecular weight is 276 g/mol. The Labute approximate surface area is 122 Å². The Morgan fingerprint density at radius 3 is 2.65 bits per heavy atom. The van der Waals surface area contributed by atoms with Crippen LogP contribution in [0.25, 0.3) is 0 Å². The van der Waals surface area contributed by atoms with Gasteiger partial charge in [-0.3, -0.25) is 4.90 Å². The van der Waals surface area contributed by atoms with E-state index in [1.165, 1.54) is 5.56 Å². The second-order valence-corrected chi connectivity index (χ2v) is 6.45. The minimum absolute atomic E-state index is 0.192. The van der Waals surface area contributed by atoms with Gasteiger partial charge < -0.3 is 10.8 Å². The number of hydrogen-bond acceptors (Lipinski definition) is 3. The molecule has 0 bridgehead atoms. The highest BCUT2D eigenvalue weighted by Crippen LogP contribution is 2.40. The summed E-state index contributed by atoms with van der Waals surface area (Å²) in [6.07, 6.45) is 2.82. The second-order valence-electron chi connectivity index (χ2n) is 6.45. The Morgan fingerprint density at radius 1 is 1.35 bits per heavy atom. The van der Waals surface area contributed by atoms with Crippen LogP contribution in [0.2, 0.25) is 0 Å². The summed E-state index contributed by atoms with van der Waals surface area (Å²) in [6, 6.07) is 10.5. The van der Waals surface area contributed by atoms with Crippen molar-refractivity contribution in [2.45, 2.75) is 45.3 Å². The molecule has 2 atom stereocenters. The van der Waals surface area contributed by atoms with Gasteiger partial charge in [0.1, 0.15) is 0 Å². The molecule has 0 amide bonds. The van der Waals surface area contributed by atoms with Gasteiger partial charge in [0.2, 0.25) is 0 Å². The van der Waals surface area contributed by atoms with Crippen LogP contribution in [0.4, 0.5) is 0 Å². The lowest BCUT2D eigenvalue weighted by atomic mass is 9.67. The number of likely N-dealkylation sites (tertiary alicyclic amines) is 1. The van der Waals surface area contributed by atoms with Gasteiger partial charge in [-0.1, -0.05) is 44.2 Å². The first kappa shape index (κ1) is 15.5. The highest BCUT2D eigenvalue weighted by molar-refractivity contribution is 5.15. The zero-order chi connectivity index (χ0) is 14.6. The molecule has 3 nitrogen and oxygen atoms in total. The van der Waals surface area contributed by atoms with Crippen LogP contribution in [0.5, 0.6) is 0 Å². The third kappa shape index (κ3) is 3.05. The molecular formula is C17H28N2O. The van der Waals surface area contributed by atoms with Gasteiger partial charge in [-0.2, -0.15) is 0 Å². The molecule has 1 aliphatic heterocycles. The summed E-state index contributed by atoms with van der Waals surface area (Å²) in [5.74, 6) is 0. The van der Waals surface area contributed by atoms with Crippen molar-refractivity contribution in [3.63, 3.8) is 0 Å². The van der Waals surface area contributed by atoms with Crippen LogP contribution in [-0.2, 0) is 6.54 Å². The van der Waals surface area contributed by atoms with Crippen molar-refractivity contribution in [3.8, 4) is 0 Å². The van der Waals surface area contributed by atoms with E-state index in [4.69, 9.17) is 5.73 Å². The fraction of sp³-hybridized carbons (Fsp3) is 0.647. The molecule has 2 unspecified atom stereocenters. The largest absolute Gasteiger partial charge is 0.388 e. The number of aliphatic hydroxyl groups is 1. The van der Waals surface area contributed by atoms with Gasteiger partial charge in [-0.15, -0.1) is 0 Å². The predicted molar refractivity (Wildman–Crippen MR) is 83.4 cm³/mol. The molecule has 2 rings (SSSR count). The van der Waals surface area contributed by atoms with Crippen molar-refractivity contribution >= 4 is 0 Å². The maximum absolute atomic E-state index is 11.1. The molecule has 0 radical (unpaired) electrons. The molecule has 1 heterocycles. The summed E-state index contributed by atoms with van der Waals surface area (Å²) >= 11 is 0. The molecule has 0 aliphatic carbocycles. The van der Waals surface area contributed by atoms with Crippen molar-refractivity contribution in [2.24, 2.45) is 11.1 Å². The first-order valence-corrected chi connectivity index (χ1v) is 7.72. The van der Waals surface area contributed by atoms with Crippen molar-refractivity contribution < 1.29 is 5.11 Å². The first-order valence-electron chi connectivity index (χ1n) is 7.72. The van der Waals surface area contributed by atoms with E-state index in [0.29, 0.717) is 6.54 Å². The summed E-state index contributed by atoms with van der Waals surface area (Å²) in [7, 11) is 0. The number of nitrogens with zero attached hydrogens (tertiary/aromatic N) is 1. The van der Waals surface area contributed by atoms with Gasteiger partial charge in [-0.25, -0.2) is 0 Å². The third-order valence-corrected chi connectivity index (χ3v) is 5.15. The molecule has 1 aromatic carbocycles. The minimum Gasteiger partial charge on any atom is -0.388 e. The third-order valence-electron chi connectivity index (χ3n) is 5.15. The van der Waals surface area contributed by atoms with Gasteiger partial charge in [0.25, 0.3) is 0 Å². The molecule has 0 saturated carbocycles. The van der Waals surface area contributed by atoms with Crippen LogP contribution in [0, 0.1) is 5.41 Å². The summed E-state index contributed by atoms with van der Waals surface area (Å²) in [6.45, 7) is 7.48. The number of β-amino-alcohol motifs (C(OH)–C–C–N with tert-alkyl or cyclic N) is 1. The topological polar surface area (TPSA) is 49.5 Å². The summed E-state index contributed by atoms with van der Waals surface area (Å²) in [5, 5.41) is 11.1. The van der Waals surface area contributed by atoms with Crippen LogP contribution >= 0.6 is 0 Å². The SMILES string of the molecule is CCC(C)(CN)C1(O)CCCN(Cc2ccccc2)C1. The zero-order valence-electron chi connectivity index (χ0n) is 12.8. The lowest BCUT2D eigenvalue weighted by Crippen LogP contribution is -2.59. The fourth-order valence-electron chi connectivity index (χ4n) is 3.26. The highest BCUT2D eigenvalue weighted by atomic mass is 16.3. The molecule has 0 aromatic heterocycles. The summed E-state index contributed by atoms with van der Waals surface area (Å²) < 4.78 is 0. The van der Waals surface area contributed by atoms with E-state index in [1.807, 2.05) is 6.07 Å². The number of piperidine rings is 1. The van der Waals surface area contributed by atoms with Crippen LogP contribution in [0.3, 0.4) is 0 Å². The Kier molecular flexibility index (Phi) is 4.84. The number of nitrogens with two attached hydrogens (primary N) is 1. The molecular weight excluding hydrogens is 248 g/mol. The minimum atomic E-state index is -0.663. The Bertz CT molecular complexity index is 416. The van der Waals surface area contributed by atoms with E-state index in [-0.39, 0.29) is 5.41 Å². The van der Waals surface area contributed by atoms with Crippen LogP contribution in [-0.4, -0.2) is 35.2 Å². The molecule has 20 heavy (non-hydrogen) atoms. The Balaban J connectivity index is 2.08. The lowest BCUT2D eigenvalue weighted by molar-refractivity contribution is -0.119. The zero-order valence-corrected chi connectivity index (χ0v) is 12.8. The van der Waals surface area contributed by atoms with Gasteiger partial charge in [0.15, 0.2) is 0 Å². The molecule has 1 saturated heterocycles. The van der Waals surface area contributed by atoms with Gasteiger partial charge >= 0.3 is 0 Å². The lowest BCUT2D eigenvalue weighted by Gasteiger charge is -2.49. The van der Waals surface area contributed by atoms with Crippen molar-refractivity contribution in [1.29, 1.82) is 0 Å². The Morgan fingerprint density at radius 2 is 2.05 bits per heavy atom. The van der Waals surface area contributed by atoms with E-state index in [2.05, 4.69) is 43.0 Å². The van der Waals surface area contributed by atoms with E-state index in [0.717, 1.165) is 38.9 Å².